The third-order valence-electron chi connectivity index (χ3n) is 3.17. The van der Waals surface area contributed by atoms with E-state index in [2.05, 4.69) is 43.7 Å². The molecule has 0 aliphatic heterocycles. The van der Waals surface area contributed by atoms with E-state index in [1.165, 1.54) is 5.56 Å². The Balaban J connectivity index is 1.51. The van der Waals surface area contributed by atoms with E-state index in [0.29, 0.717) is 0 Å². The summed E-state index contributed by atoms with van der Waals surface area (Å²) in [4.78, 5) is 7.38. The third-order valence-corrected chi connectivity index (χ3v) is 3.17. The Labute approximate surface area is 111 Å². The maximum atomic E-state index is 4.18. The molecule has 0 saturated heterocycles. The summed E-state index contributed by atoms with van der Waals surface area (Å²) in [6.45, 7) is 3.73. The van der Waals surface area contributed by atoms with Gasteiger partial charge in [0.05, 0.1) is 11.7 Å². The second-order valence-electron chi connectivity index (χ2n) is 4.71. The average Bonchev–Trinajstić information content (AvgIpc) is 3.03. The molecular formula is C14H17N5. The highest BCUT2D eigenvalue weighted by molar-refractivity contribution is 5.78. The van der Waals surface area contributed by atoms with Crippen LogP contribution in [-0.4, -0.2) is 26.7 Å². The highest BCUT2D eigenvalue weighted by atomic mass is 15.1. The van der Waals surface area contributed by atoms with Crippen LogP contribution in [0.25, 0.3) is 10.9 Å². The molecule has 0 radical (unpaired) electrons. The van der Waals surface area contributed by atoms with Crippen LogP contribution in [0.2, 0.25) is 0 Å². The molecule has 3 N–H and O–H groups in total. The first-order valence-corrected chi connectivity index (χ1v) is 6.44. The maximum Gasteiger partial charge on any atom is 0.103 e. The minimum atomic E-state index is 0.827. The van der Waals surface area contributed by atoms with Crippen molar-refractivity contribution in [1.82, 2.24) is 25.5 Å². The monoisotopic (exact) mass is 255 g/mol. The van der Waals surface area contributed by atoms with Gasteiger partial charge in [-0.15, -0.1) is 0 Å². The van der Waals surface area contributed by atoms with Crippen molar-refractivity contribution in [3.63, 3.8) is 0 Å². The molecule has 2 heterocycles. The summed E-state index contributed by atoms with van der Waals surface area (Å²) >= 11 is 0. The van der Waals surface area contributed by atoms with Crippen LogP contribution in [0.3, 0.4) is 0 Å². The van der Waals surface area contributed by atoms with Gasteiger partial charge in [-0.3, -0.25) is 5.10 Å². The molecule has 0 fully saturated rings. The largest absolute Gasteiger partial charge is 0.345 e. The number of H-pyrrole nitrogens is 2. The lowest BCUT2D eigenvalue weighted by Crippen LogP contribution is -2.16. The number of aromatic nitrogens is 4. The fourth-order valence-corrected chi connectivity index (χ4v) is 2.16. The van der Waals surface area contributed by atoms with Gasteiger partial charge in [0.25, 0.3) is 0 Å². The number of rotatable bonds is 5. The van der Waals surface area contributed by atoms with E-state index in [9.17, 15) is 0 Å². The standard InChI is InChI=1S/C14H17N5/c1-10-16-9-13(18-10)8-15-5-4-11-2-3-12-7-17-19-14(12)6-11/h2-3,6-7,9,15H,4-5,8H2,1H3,(H,16,18)(H,17,19). The number of fused-ring (bicyclic) bond motifs is 1. The number of benzene rings is 1. The normalized spacial score (nSPS) is 11.2. The van der Waals surface area contributed by atoms with Crippen LogP contribution in [0.1, 0.15) is 17.1 Å². The van der Waals surface area contributed by atoms with E-state index in [-0.39, 0.29) is 0 Å². The molecule has 1 aromatic carbocycles. The van der Waals surface area contributed by atoms with Crippen LogP contribution < -0.4 is 5.32 Å². The number of aryl methyl sites for hydroxylation is 1. The minimum absolute atomic E-state index is 0.827. The van der Waals surface area contributed by atoms with Crippen molar-refractivity contribution in [3.05, 3.63) is 47.7 Å². The quantitative estimate of drug-likeness (QED) is 0.610. The third kappa shape index (κ3) is 2.82. The molecule has 0 unspecified atom stereocenters. The smallest absolute Gasteiger partial charge is 0.103 e. The van der Waals surface area contributed by atoms with E-state index in [1.807, 2.05) is 19.3 Å². The Morgan fingerprint density at radius 3 is 3.05 bits per heavy atom. The van der Waals surface area contributed by atoms with E-state index in [0.717, 1.165) is 41.9 Å². The summed E-state index contributed by atoms with van der Waals surface area (Å²) in [6.07, 6.45) is 4.72. The van der Waals surface area contributed by atoms with Crippen molar-refractivity contribution < 1.29 is 0 Å². The molecule has 19 heavy (non-hydrogen) atoms. The SMILES string of the molecule is Cc1ncc(CNCCc2ccc3cn[nH]c3c2)[nH]1. The molecule has 0 spiro atoms. The first kappa shape index (κ1) is 11.9. The number of nitrogens with zero attached hydrogens (tertiary/aromatic N) is 2. The van der Waals surface area contributed by atoms with Crippen molar-refractivity contribution >= 4 is 10.9 Å². The summed E-state index contributed by atoms with van der Waals surface area (Å²) in [5.74, 6) is 0.960. The molecule has 2 aromatic heterocycles. The zero-order valence-corrected chi connectivity index (χ0v) is 10.9. The van der Waals surface area contributed by atoms with Crippen LogP contribution >= 0.6 is 0 Å². The lowest BCUT2D eigenvalue weighted by Gasteiger charge is -2.03. The van der Waals surface area contributed by atoms with Gasteiger partial charge in [-0.2, -0.15) is 5.10 Å². The molecule has 98 valence electrons. The highest BCUT2D eigenvalue weighted by Crippen LogP contribution is 2.12. The molecule has 0 aliphatic carbocycles. The van der Waals surface area contributed by atoms with Crippen LogP contribution in [-0.2, 0) is 13.0 Å². The van der Waals surface area contributed by atoms with Crippen LogP contribution in [0.5, 0.6) is 0 Å². The Morgan fingerprint density at radius 1 is 1.26 bits per heavy atom. The fraction of sp³-hybridized carbons (Fsp3) is 0.286. The van der Waals surface area contributed by atoms with Crippen molar-refractivity contribution in [3.8, 4) is 0 Å². The first-order chi connectivity index (χ1) is 9.31. The van der Waals surface area contributed by atoms with E-state index in [4.69, 9.17) is 0 Å². The summed E-state index contributed by atoms with van der Waals surface area (Å²) in [7, 11) is 0. The van der Waals surface area contributed by atoms with Gasteiger partial charge in [-0.25, -0.2) is 4.98 Å². The predicted molar refractivity (Wildman–Crippen MR) is 74.8 cm³/mol. The van der Waals surface area contributed by atoms with Gasteiger partial charge in [-0.1, -0.05) is 12.1 Å². The van der Waals surface area contributed by atoms with Gasteiger partial charge in [0.1, 0.15) is 5.82 Å². The second-order valence-corrected chi connectivity index (χ2v) is 4.71. The van der Waals surface area contributed by atoms with Crippen molar-refractivity contribution in [2.24, 2.45) is 0 Å². The molecule has 5 heteroatoms. The Hall–Kier alpha value is -2.14. The summed E-state index contributed by atoms with van der Waals surface area (Å²) < 4.78 is 0. The zero-order valence-electron chi connectivity index (χ0n) is 10.9. The molecule has 5 nitrogen and oxygen atoms in total. The van der Waals surface area contributed by atoms with E-state index < -0.39 is 0 Å². The molecule has 0 amide bonds. The second kappa shape index (κ2) is 5.24. The Morgan fingerprint density at radius 2 is 2.21 bits per heavy atom. The zero-order chi connectivity index (χ0) is 13.1. The van der Waals surface area contributed by atoms with E-state index >= 15 is 0 Å². The average molecular weight is 255 g/mol. The molecule has 3 aromatic rings. The van der Waals surface area contributed by atoms with Crippen molar-refractivity contribution in [2.75, 3.05) is 6.54 Å². The topological polar surface area (TPSA) is 69.4 Å². The first-order valence-electron chi connectivity index (χ1n) is 6.44. The number of nitrogens with one attached hydrogen (secondary N) is 3. The predicted octanol–water partition coefficient (Wildman–Crippen LogP) is 1.93. The Kier molecular flexibility index (Phi) is 3.29. The van der Waals surface area contributed by atoms with Gasteiger partial charge in [-0.05, 0) is 31.5 Å². The number of aromatic amines is 2. The van der Waals surface area contributed by atoms with Crippen molar-refractivity contribution in [2.45, 2.75) is 19.9 Å². The lowest BCUT2D eigenvalue weighted by atomic mass is 10.1. The van der Waals surface area contributed by atoms with Gasteiger partial charge < -0.3 is 10.3 Å². The lowest BCUT2D eigenvalue weighted by molar-refractivity contribution is 0.676. The maximum absolute atomic E-state index is 4.18. The number of imidazole rings is 1. The fourth-order valence-electron chi connectivity index (χ4n) is 2.16. The van der Waals surface area contributed by atoms with Gasteiger partial charge >= 0.3 is 0 Å². The summed E-state index contributed by atoms with van der Waals surface area (Å²) in [6, 6.07) is 6.41. The molecule has 0 bridgehead atoms. The molecule has 0 atom stereocenters. The number of hydrogen-bond acceptors (Lipinski definition) is 3. The molecule has 0 saturated carbocycles. The molecule has 3 rings (SSSR count). The number of hydrogen-bond donors (Lipinski definition) is 3. The molecule has 0 aliphatic rings. The van der Waals surface area contributed by atoms with Gasteiger partial charge in [0.2, 0.25) is 0 Å². The van der Waals surface area contributed by atoms with Crippen LogP contribution in [0.15, 0.2) is 30.6 Å². The van der Waals surface area contributed by atoms with Crippen LogP contribution in [0, 0.1) is 6.92 Å². The molecular weight excluding hydrogens is 238 g/mol. The summed E-state index contributed by atoms with van der Waals surface area (Å²) in [5, 5.41) is 11.6. The highest BCUT2D eigenvalue weighted by Gasteiger charge is 1.99. The van der Waals surface area contributed by atoms with Crippen molar-refractivity contribution in [1.29, 1.82) is 0 Å². The van der Waals surface area contributed by atoms with Gasteiger partial charge in [0, 0.05) is 23.8 Å². The Bertz CT molecular complexity index is 667. The van der Waals surface area contributed by atoms with Gasteiger partial charge in [0.15, 0.2) is 0 Å². The minimum Gasteiger partial charge on any atom is -0.345 e. The van der Waals surface area contributed by atoms with E-state index in [1.54, 1.807) is 0 Å². The summed E-state index contributed by atoms with van der Waals surface area (Å²) in [5.41, 5.74) is 3.54. The van der Waals surface area contributed by atoms with Crippen LogP contribution in [0.4, 0.5) is 0 Å².